The van der Waals surface area contributed by atoms with Crippen molar-refractivity contribution < 1.29 is 22.3 Å². The zero-order valence-corrected chi connectivity index (χ0v) is 16.1. The van der Waals surface area contributed by atoms with Crippen molar-refractivity contribution in [3.05, 3.63) is 66.0 Å². The number of rotatable bonds is 9. The van der Waals surface area contributed by atoms with Gasteiger partial charge in [-0.1, -0.05) is 30.3 Å². The minimum Gasteiger partial charge on any atom is -0.375 e. The van der Waals surface area contributed by atoms with E-state index in [1.165, 1.54) is 19.1 Å². The number of halogens is 1. The summed E-state index contributed by atoms with van der Waals surface area (Å²) >= 11 is 0. The number of carbonyl (C=O) groups is 1. The second-order valence-corrected chi connectivity index (χ2v) is 7.90. The fraction of sp³-hybridized carbons (Fsp3) is 0.316. The molecule has 1 N–H and O–H groups in total. The largest absolute Gasteiger partial charge is 0.375 e. The molecule has 2 aromatic carbocycles. The van der Waals surface area contributed by atoms with Crippen LogP contribution in [0, 0.1) is 5.82 Å². The number of nitrogens with one attached hydrogen (secondary N) is 1. The molecule has 146 valence electrons. The van der Waals surface area contributed by atoms with Crippen LogP contribution in [0.3, 0.4) is 0 Å². The third-order valence-electron chi connectivity index (χ3n) is 3.83. The van der Waals surface area contributed by atoms with Crippen molar-refractivity contribution in [2.45, 2.75) is 19.6 Å². The molecule has 8 heteroatoms. The van der Waals surface area contributed by atoms with Gasteiger partial charge in [0.15, 0.2) is 0 Å². The molecule has 1 atom stereocenters. The molecule has 0 fully saturated rings. The maximum absolute atomic E-state index is 13.1. The molecule has 0 spiro atoms. The number of anilines is 1. The maximum Gasteiger partial charge on any atom is 0.243 e. The normalized spacial score (nSPS) is 12.4. The van der Waals surface area contributed by atoms with Gasteiger partial charge in [0.25, 0.3) is 0 Å². The number of hydrogen-bond donors (Lipinski definition) is 1. The molecule has 0 aliphatic heterocycles. The third-order valence-corrected chi connectivity index (χ3v) is 5.07. The zero-order valence-electron chi connectivity index (χ0n) is 15.3. The van der Waals surface area contributed by atoms with Gasteiger partial charge >= 0.3 is 0 Å². The summed E-state index contributed by atoms with van der Waals surface area (Å²) in [5.41, 5.74) is 1.25. The van der Waals surface area contributed by atoms with Crippen LogP contribution in [-0.2, 0) is 26.2 Å². The average molecular weight is 394 g/mol. The minimum atomic E-state index is -3.73. The molecule has 0 saturated carbocycles. The zero-order chi connectivity index (χ0) is 19.9. The minimum absolute atomic E-state index is 0.224. The second-order valence-electron chi connectivity index (χ2n) is 6.04. The summed E-state index contributed by atoms with van der Waals surface area (Å²) in [5, 5.41) is 2.66. The number of benzene rings is 2. The SMILES string of the molecule is CC(C(=O)NCCOCc1ccccc1)N(c1ccc(F)cc1)S(C)(=O)=O. The first-order valence-electron chi connectivity index (χ1n) is 8.43. The number of nitrogens with zero attached hydrogens (tertiary/aromatic N) is 1. The first-order chi connectivity index (χ1) is 12.8. The summed E-state index contributed by atoms with van der Waals surface area (Å²) < 4.78 is 43.8. The van der Waals surface area contributed by atoms with E-state index in [2.05, 4.69) is 5.32 Å². The number of carbonyl (C=O) groups excluding carboxylic acids is 1. The van der Waals surface area contributed by atoms with Crippen molar-refractivity contribution in [3.63, 3.8) is 0 Å². The molecular weight excluding hydrogens is 371 g/mol. The molecule has 6 nitrogen and oxygen atoms in total. The number of sulfonamides is 1. The van der Waals surface area contributed by atoms with E-state index >= 15 is 0 Å². The molecule has 0 aliphatic carbocycles. The first kappa shape index (κ1) is 20.9. The van der Waals surface area contributed by atoms with Crippen LogP contribution in [0.4, 0.5) is 10.1 Å². The number of amides is 1. The highest BCUT2D eigenvalue weighted by atomic mass is 32.2. The van der Waals surface area contributed by atoms with Crippen LogP contribution < -0.4 is 9.62 Å². The van der Waals surface area contributed by atoms with Gasteiger partial charge in [-0.15, -0.1) is 0 Å². The van der Waals surface area contributed by atoms with Crippen molar-refractivity contribution >= 4 is 21.6 Å². The van der Waals surface area contributed by atoms with Gasteiger partial charge in [-0.2, -0.15) is 0 Å². The lowest BCUT2D eigenvalue weighted by Crippen LogP contribution is -2.48. The van der Waals surface area contributed by atoms with E-state index in [4.69, 9.17) is 4.74 Å². The van der Waals surface area contributed by atoms with Gasteiger partial charge in [-0.3, -0.25) is 9.10 Å². The van der Waals surface area contributed by atoms with Crippen LogP contribution in [0.25, 0.3) is 0 Å². The van der Waals surface area contributed by atoms with Crippen LogP contribution in [-0.4, -0.2) is 39.8 Å². The Balaban J connectivity index is 1.90. The monoisotopic (exact) mass is 394 g/mol. The Morgan fingerprint density at radius 3 is 2.37 bits per heavy atom. The van der Waals surface area contributed by atoms with Crippen LogP contribution in [0.15, 0.2) is 54.6 Å². The highest BCUT2D eigenvalue weighted by Gasteiger charge is 2.28. The highest BCUT2D eigenvalue weighted by molar-refractivity contribution is 7.92. The lowest BCUT2D eigenvalue weighted by Gasteiger charge is -2.28. The molecule has 0 aliphatic rings. The van der Waals surface area contributed by atoms with Gasteiger partial charge in [0.2, 0.25) is 15.9 Å². The molecule has 0 saturated heterocycles. The smallest absolute Gasteiger partial charge is 0.243 e. The molecule has 0 radical (unpaired) electrons. The van der Waals surface area contributed by atoms with Gasteiger partial charge in [-0.25, -0.2) is 12.8 Å². The number of ether oxygens (including phenoxy) is 1. The van der Waals surface area contributed by atoms with E-state index in [0.29, 0.717) is 13.2 Å². The highest BCUT2D eigenvalue weighted by Crippen LogP contribution is 2.21. The Labute approximate surface area is 159 Å². The Kier molecular flexibility index (Phi) is 7.32. The van der Waals surface area contributed by atoms with Gasteiger partial charge < -0.3 is 10.1 Å². The van der Waals surface area contributed by atoms with Crippen molar-refractivity contribution in [1.82, 2.24) is 5.32 Å². The average Bonchev–Trinajstić information content (AvgIpc) is 2.62. The summed E-state index contributed by atoms with van der Waals surface area (Å²) in [4.78, 5) is 12.4. The summed E-state index contributed by atoms with van der Waals surface area (Å²) in [6.07, 6.45) is 1.00. The van der Waals surface area contributed by atoms with Gasteiger partial charge in [0.1, 0.15) is 11.9 Å². The Bertz CT molecular complexity index is 842. The first-order valence-corrected chi connectivity index (χ1v) is 10.3. The van der Waals surface area contributed by atoms with Gasteiger partial charge in [-0.05, 0) is 36.8 Å². The quantitative estimate of drug-likeness (QED) is 0.663. The van der Waals surface area contributed by atoms with Crippen LogP contribution in [0.2, 0.25) is 0 Å². The number of hydrogen-bond acceptors (Lipinski definition) is 4. The van der Waals surface area contributed by atoms with E-state index in [9.17, 15) is 17.6 Å². The van der Waals surface area contributed by atoms with Crippen molar-refractivity contribution in [2.24, 2.45) is 0 Å². The van der Waals surface area contributed by atoms with Crippen LogP contribution in [0.5, 0.6) is 0 Å². The summed E-state index contributed by atoms with van der Waals surface area (Å²) in [6.45, 7) is 2.45. The van der Waals surface area contributed by atoms with E-state index in [1.54, 1.807) is 0 Å². The van der Waals surface area contributed by atoms with E-state index in [-0.39, 0.29) is 12.2 Å². The molecule has 0 aromatic heterocycles. The Morgan fingerprint density at radius 2 is 1.78 bits per heavy atom. The van der Waals surface area contributed by atoms with Gasteiger partial charge in [0, 0.05) is 6.54 Å². The summed E-state index contributed by atoms with van der Waals surface area (Å²) in [7, 11) is -3.73. The predicted octanol–water partition coefficient (Wildman–Crippen LogP) is 2.31. The van der Waals surface area contributed by atoms with Crippen LogP contribution in [0.1, 0.15) is 12.5 Å². The van der Waals surface area contributed by atoms with E-state index in [0.717, 1.165) is 28.3 Å². The molecular formula is C19H23FN2O4S. The van der Waals surface area contributed by atoms with Crippen molar-refractivity contribution in [3.8, 4) is 0 Å². The molecule has 0 bridgehead atoms. The standard InChI is InChI=1S/C19H23FN2O4S/c1-15(22(27(2,24)25)18-10-8-17(20)9-11-18)19(23)21-12-13-26-14-16-6-4-3-5-7-16/h3-11,15H,12-14H2,1-2H3,(H,21,23). The second kappa shape index (κ2) is 9.48. The topological polar surface area (TPSA) is 75.7 Å². The maximum atomic E-state index is 13.1. The van der Waals surface area contributed by atoms with Crippen molar-refractivity contribution in [1.29, 1.82) is 0 Å². The Hall–Kier alpha value is -2.45. The van der Waals surface area contributed by atoms with Crippen molar-refractivity contribution in [2.75, 3.05) is 23.7 Å². The summed E-state index contributed by atoms with van der Waals surface area (Å²) in [6, 6.07) is 13.6. The van der Waals surface area contributed by atoms with E-state index in [1.807, 2.05) is 30.3 Å². The summed E-state index contributed by atoms with van der Waals surface area (Å²) in [5.74, 6) is -0.951. The van der Waals surface area contributed by atoms with E-state index < -0.39 is 27.8 Å². The molecule has 0 heterocycles. The Morgan fingerprint density at radius 1 is 1.15 bits per heavy atom. The predicted molar refractivity (Wildman–Crippen MR) is 102 cm³/mol. The third kappa shape index (κ3) is 6.33. The lowest BCUT2D eigenvalue weighted by molar-refractivity contribution is -0.122. The van der Waals surface area contributed by atoms with Crippen LogP contribution >= 0.6 is 0 Å². The molecule has 1 amide bonds. The fourth-order valence-electron chi connectivity index (χ4n) is 2.56. The van der Waals surface area contributed by atoms with Gasteiger partial charge in [0.05, 0.1) is 25.2 Å². The molecule has 2 aromatic rings. The molecule has 2 rings (SSSR count). The molecule has 1 unspecified atom stereocenters. The fourth-order valence-corrected chi connectivity index (χ4v) is 3.73. The lowest BCUT2D eigenvalue weighted by atomic mass is 10.2. The molecule has 27 heavy (non-hydrogen) atoms.